The van der Waals surface area contributed by atoms with Crippen LogP contribution in [0.3, 0.4) is 0 Å². The van der Waals surface area contributed by atoms with E-state index in [0.717, 1.165) is 16.5 Å². The molecule has 0 aliphatic heterocycles. The van der Waals surface area contributed by atoms with E-state index in [0.29, 0.717) is 12.5 Å². The molecule has 1 heterocycles. The Hall–Kier alpha value is -1.39. The molecule has 2 rings (SSSR count). The molecule has 20 heavy (non-hydrogen) atoms. The number of benzene rings is 1. The Morgan fingerprint density at radius 1 is 1.35 bits per heavy atom. The molecule has 1 aromatic carbocycles. The highest BCUT2D eigenvalue weighted by atomic mass is 32.1. The molecule has 0 spiro atoms. The molecule has 0 aliphatic rings. The van der Waals surface area contributed by atoms with Gasteiger partial charge in [-0.3, -0.25) is 0 Å². The first-order chi connectivity index (χ1) is 9.65. The molecular weight excluding hydrogens is 268 g/mol. The van der Waals surface area contributed by atoms with Gasteiger partial charge in [-0.15, -0.1) is 11.3 Å². The summed E-state index contributed by atoms with van der Waals surface area (Å²) in [7, 11) is 1.97. The smallest absolute Gasteiger partial charge is 0.119 e. The third-order valence-corrected chi connectivity index (χ3v) is 4.10. The van der Waals surface area contributed by atoms with E-state index in [1.165, 1.54) is 5.56 Å². The van der Waals surface area contributed by atoms with Crippen LogP contribution < -0.4 is 10.1 Å². The Kier molecular flexibility index (Phi) is 5.15. The topological polar surface area (TPSA) is 34.1 Å². The van der Waals surface area contributed by atoms with E-state index in [9.17, 15) is 0 Å². The van der Waals surface area contributed by atoms with Gasteiger partial charge in [0.05, 0.1) is 18.3 Å². The number of ether oxygens (including phenoxy) is 1. The number of aromatic nitrogens is 1. The Bertz CT molecular complexity index is 551. The summed E-state index contributed by atoms with van der Waals surface area (Å²) in [5, 5.41) is 6.60. The van der Waals surface area contributed by atoms with Gasteiger partial charge in [-0.2, -0.15) is 0 Å². The molecular formula is C16H22N2OS. The third-order valence-electron chi connectivity index (χ3n) is 3.17. The number of hydrogen-bond donors (Lipinski definition) is 1. The summed E-state index contributed by atoms with van der Waals surface area (Å²) in [6.07, 6.45) is 0. The zero-order valence-electron chi connectivity index (χ0n) is 12.5. The van der Waals surface area contributed by atoms with Gasteiger partial charge < -0.3 is 10.1 Å². The van der Waals surface area contributed by atoms with Crippen LogP contribution in [0.2, 0.25) is 0 Å². The van der Waals surface area contributed by atoms with E-state index in [-0.39, 0.29) is 6.04 Å². The lowest BCUT2D eigenvalue weighted by Crippen LogP contribution is -2.17. The lowest BCUT2D eigenvalue weighted by atomic mass is 10.1. The van der Waals surface area contributed by atoms with Gasteiger partial charge in [0.15, 0.2) is 0 Å². The Morgan fingerprint density at radius 2 is 2.15 bits per heavy atom. The second-order valence-electron chi connectivity index (χ2n) is 4.99. The summed E-state index contributed by atoms with van der Waals surface area (Å²) in [6, 6.07) is 8.33. The van der Waals surface area contributed by atoms with Gasteiger partial charge in [0, 0.05) is 5.38 Å². The average molecular weight is 290 g/mol. The predicted octanol–water partition coefficient (Wildman–Crippen LogP) is 3.97. The van der Waals surface area contributed by atoms with Crippen LogP contribution in [0, 0.1) is 0 Å². The minimum atomic E-state index is 0.118. The van der Waals surface area contributed by atoms with Crippen LogP contribution in [0.15, 0.2) is 29.6 Å². The second kappa shape index (κ2) is 6.86. The van der Waals surface area contributed by atoms with Crippen molar-refractivity contribution >= 4 is 11.3 Å². The minimum Gasteiger partial charge on any atom is -0.494 e. The molecule has 0 aliphatic carbocycles. The van der Waals surface area contributed by atoms with E-state index in [1.54, 1.807) is 11.3 Å². The zero-order chi connectivity index (χ0) is 14.5. The van der Waals surface area contributed by atoms with Gasteiger partial charge in [-0.1, -0.05) is 26.0 Å². The first kappa shape index (κ1) is 15.0. The van der Waals surface area contributed by atoms with Crippen LogP contribution in [0.4, 0.5) is 0 Å². The normalized spacial score (nSPS) is 12.7. The van der Waals surface area contributed by atoms with Crippen LogP contribution in [0.25, 0.3) is 0 Å². The van der Waals surface area contributed by atoms with Crippen molar-refractivity contribution in [3.63, 3.8) is 0 Å². The molecule has 0 bridgehead atoms. The molecule has 1 N–H and O–H groups in total. The van der Waals surface area contributed by atoms with Crippen LogP contribution in [0.1, 0.15) is 49.0 Å². The van der Waals surface area contributed by atoms with Gasteiger partial charge >= 0.3 is 0 Å². The first-order valence-corrected chi connectivity index (χ1v) is 7.89. The molecule has 2 aromatic rings. The average Bonchev–Trinajstić information content (AvgIpc) is 2.90. The van der Waals surface area contributed by atoms with Crippen molar-refractivity contribution in [3.8, 4) is 5.75 Å². The summed E-state index contributed by atoms with van der Waals surface area (Å²) in [6.45, 7) is 7.02. The third kappa shape index (κ3) is 3.38. The van der Waals surface area contributed by atoms with Crippen molar-refractivity contribution in [1.82, 2.24) is 10.3 Å². The highest BCUT2D eigenvalue weighted by Crippen LogP contribution is 2.29. The summed E-state index contributed by atoms with van der Waals surface area (Å²) >= 11 is 1.71. The largest absolute Gasteiger partial charge is 0.494 e. The quantitative estimate of drug-likeness (QED) is 0.874. The fourth-order valence-corrected chi connectivity index (χ4v) is 3.20. The second-order valence-corrected chi connectivity index (χ2v) is 5.88. The highest BCUT2D eigenvalue weighted by molar-refractivity contribution is 7.09. The maximum atomic E-state index is 5.58. The molecule has 0 saturated carbocycles. The predicted molar refractivity (Wildman–Crippen MR) is 84.7 cm³/mol. The van der Waals surface area contributed by atoms with E-state index < -0.39 is 0 Å². The minimum absolute atomic E-state index is 0.118. The number of nitrogens with one attached hydrogen (secondary N) is 1. The molecule has 0 saturated heterocycles. The Balaban J connectivity index is 2.28. The maximum absolute atomic E-state index is 5.58. The molecule has 1 aromatic heterocycles. The molecule has 108 valence electrons. The fourth-order valence-electron chi connectivity index (χ4n) is 2.08. The van der Waals surface area contributed by atoms with Gasteiger partial charge in [0.2, 0.25) is 0 Å². The molecule has 1 atom stereocenters. The van der Waals surface area contributed by atoms with Crippen LogP contribution >= 0.6 is 11.3 Å². The molecule has 4 heteroatoms. The molecule has 3 nitrogen and oxygen atoms in total. The monoisotopic (exact) mass is 290 g/mol. The maximum Gasteiger partial charge on any atom is 0.119 e. The van der Waals surface area contributed by atoms with E-state index in [2.05, 4.69) is 36.7 Å². The first-order valence-electron chi connectivity index (χ1n) is 7.01. The summed E-state index contributed by atoms with van der Waals surface area (Å²) in [5.41, 5.74) is 2.34. The van der Waals surface area contributed by atoms with E-state index in [4.69, 9.17) is 9.72 Å². The summed E-state index contributed by atoms with van der Waals surface area (Å²) in [4.78, 5) is 4.75. The van der Waals surface area contributed by atoms with E-state index in [1.807, 2.05) is 26.1 Å². The van der Waals surface area contributed by atoms with Crippen molar-refractivity contribution in [1.29, 1.82) is 0 Å². The number of hydrogen-bond acceptors (Lipinski definition) is 4. The zero-order valence-corrected chi connectivity index (χ0v) is 13.3. The Labute approximate surface area is 125 Å². The lowest BCUT2D eigenvalue weighted by Gasteiger charge is -2.15. The van der Waals surface area contributed by atoms with Crippen molar-refractivity contribution < 1.29 is 4.74 Å². The SMILES string of the molecule is CCOc1cccc(C(NC)c2nc(C(C)C)cs2)c1. The van der Waals surface area contributed by atoms with Crippen LogP contribution in [-0.2, 0) is 0 Å². The van der Waals surface area contributed by atoms with Gasteiger partial charge in [0.1, 0.15) is 10.8 Å². The Morgan fingerprint density at radius 3 is 2.75 bits per heavy atom. The summed E-state index contributed by atoms with van der Waals surface area (Å²) < 4.78 is 5.58. The fraction of sp³-hybridized carbons (Fsp3) is 0.438. The van der Waals surface area contributed by atoms with Crippen molar-refractivity contribution in [3.05, 3.63) is 45.9 Å². The van der Waals surface area contributed by atoms with Crippen molar-refractivity contribution in [2.75, 3.05) is 13.7 Å². The van der Waals surface area contributed by atoms with E-state index >= 15 is 0 Å². The number of thiazole rings is 1. The highest BCUT2D eigenvalue weighted by Gasteiger charge is 2.17. The van der Waals surface area contributed by atoms with Crippen molar-refractivity contribution in [2.45, 2.75) is 32.7 Å². The molecule has 0 amide bonds. The van der Waals surface area contributed by atoms with Crippen molar-refractivity contribution in [2.24, 2.45) is 0 Å². The molecule has 0 radical (unpaired) electrons. The number of rotatable bonds is 6. The van der Waals surface area contributed by atoms with Crippen LogP contribution in [0.5, 0.6) is 5.75 Å². The van der Waals surface area contributed by atoms with Gasteiger partial charge in [-0.05, 0) is 37.6 Å². The summed E-state index contributed by atoms with van der Waals surface area (Å²) in [5.74, 6) is 1.37. The van der Waals surface area contributed by atoms with Crippen LogP contribution in [-0.4, -0.2) is 18.6 Å². The molecule has 1 unspecified atom stereocenters. The number of nitrogens with zero attached hydrogens (tertiary/aromatic N) is 1. The van der Waals surface area contributed by atoms with Gasteiger partial charge in [-0.25, -0.2) is 4.98 Å². The molecule has 0 fully saturated rings. The lowest BCUT2D eigenvalue weighted by molar-refractivity contribution is 0.339. The standard InChI is InChI=1S/C16H22N2OS/c1-5-19-13-8-6-7-12(9-13)15(17-4)16-18-14(10-20-16)11(2)3/h6-11,15,17H,5H2,1-4H3. The van der Waals surface area contributed by atoms with Gasteiger partial charge in [0.25, 0.3) is 0 Å².